The normalized spacial score (nSPS) is 21.0. The number of aliphatic hydroxyl groups excluding tert-OH is 1. The van der Waals surface area contributed by atoms with Gasteiger partial charge in [0.1, 0.15) is 16.6 Å². The van der Waals surface area contributed by atoms with Gasteiger partial charge < -0.3 is 14.3 Å². The second-order valence-corrected chi connectivity index (χ2v) is 4.07. The predicted molar refractivity (Wildman–Crippen MR) is 52.1 cm³/mol. The van der Waals surface area contributed by atoms with Crippen molar-refractivity contribution in [3.05, 3.63) is 0 Å². The largest absolute Gasteiger partial charge is 0.425 e. The molecule has 1 rings (SSSR count). The highest BCUT2D eigenvalue weighted by atomic mass is 28.2. The van der Waals surface area contributed by atoms with Crippen molar-refractivity contribution in [2.45, 2.75) is 18.6 Å². The lowest BCUT2D eigenvalue weighted by molar-refractivity contribution is 0.281. The Balaban J connectivity index is 0.000000187. The average Bonchev–Trinajstić information content (AvgIpc) is 2.76. The van der Waals surface area contributed by atoms with Crippen LogP contribution >= 0.6 is 0 Å². The minimum Gasteiger partial charge on any atom is -0.425 e. The van der Waals surface area contributed by atoms with E-state index in [9.17, 15) is 0 Å². The molecule has 0 aromatic carbocycles. The van der Waals surface area contributed by atoms with Crippen LogP contribution in [0.4, 0.5) is 0 Å². The first-order valence-electron chi connectivity index (χ1n) is 4.06. The molecule has 0 saturated carbocycles. The maximum atomic E-state index is 8.09. The molecule has 0 aliphatic carbocycles. The molecule has 1 saturated heterocycles. The SMILES string of the molecule is OCCC[SiH3].[SiH3]OCC1CO1. The molecule has 1 fully saturated rings. The predicted octanol–water partition coefficient (Wildman–Crippen LogP) is -2.17. The van der Waals surface area contributed by atoms with Gasteiger partial charge in [-0.2, -0.15) is 0 Å². The van der Waals surface area contributed by atoms with E-state index in [4.69, 9.17) is 14.3 Å². The molecule has 1 atom stereocenters. The van der Waals surface area contributed by atoms with Gasteiger partial charge in [-0.25, -0.2) is 0 Å². The lowest BCUT2D eigenvalue weighted by atomic mass is 10.5. The van der Waals surface area contributed by atoms with Crippen LogP contribution in [0.25, 0.3) is 0 Å². The Bertz CT molecular complexity index is 76.2. The Morgan fingerprint density at radius 1 is 1.64 bits per heavy atom. The van der Waals surface area contributed by atoms with Crippen molar-refractivity contribution < 1.29 is 14.3 Å². The fraction of sp³-hybridized carbons (Fsp3) is 1.00. The van der Waals surface area contributed by atoms with Gasteiger partial charge in [0.15, 0.2) is 0 Å². The third kappa shape index (κ3) is 10.3. The molecule has 68 valence electrons. The minimum absolute atomic E-state index is 0.378. The lowest BCUT2D eigenvalue weighted by Gasteiger charge is -1.85. The Labute approximate surface area is 74.1 Å². The van der Waals surface area contributed by atoms with Crippen LogP contribution < -0.4 is 0 Å². The monoisotopic (exact) mass is 194 g/mol. The number of aliphatic hydroxyl groups is 1. The van der Waals surface area contributed by atoms with E-state index in [1.165, 1.54) is 16.3 Å². The van der Waals surface area contributed by atoms with Crippen molar-refractivity contribution in [1.29, 1.82) is 0 Å². The molecule has 0 amide bonds. The summed E-state index contributed by atoms with van der Waals surface area (Å²) in [4.78, 5) is 0. The minimum atomic E-state index is 0.378. The number of hydrogen-bond acceptors (Lipinski definition) is 3. The molecule has 0 aromatic heterocycles. The lowest BCUT2D eigenvalue weighted by Crippen LogP contribution is -1.96. The highest BCUT2D eigenvalue weighted by Crippen LogP contribution is 2.06. The first-order chi connectivity index (χ1) is 5.35. The zero-order valence-electron chi connectivity index (χ0n) is 7.38. The van der Waals surface area contributed by atoms with Crippen LogP contribution in [0.5, 0.6) is 0 Å². The summed E-state index contributed by atoms with van der Waals surface area (Å²) in [6, 6.07) is 1.23. The van der Waals surface area contributed by atoms with Crippen molar-refractivity contribution >= 4 is 20.7 Å². The molecule has 1 aliphatic heterocycles. The van der Waals surface area contributed by atoms with Gasteiger partial charge in [-0.15, -0.1) is 0 Å². The fourth-order valence-electron chi connectivity index (χ4n) is 0.508. The molecule has 0 aromatic rings. The van der Waals surface area contributed by atoms with Crippen LogP contribution in [-0.4, -0.2) is 51.8 Å². The van der Waals surface area contributed by atoms with E-state index in [2.05, 4.69) is 0 Å². The van der Waals surface area contributed by atoms with Crippen molar-refractivity contribution in [3.8, 4) is 0 Å². The van der Waals surface area contributed by atoms with Crippen molar-refractivity contribution in [3.63, 3.8) is 0 Å². The molecule has 0 radical (unpaired) electrons. The summed E-state index contributed by atoms with van der Waals surface area (Å²) in [5, 5.41) is 8.09. The zero-order chi connectivity index (χ0) is 8.53. The number of rotatable bonds is 4. The van der Waals surface area contributed by atoms with Gasteiger partial charge in [-0.1, -0.05) is 6.04 Å². The van der Waals surface area contributed by atoms with E-state index in [1.54, 1.807) is 0 Å². The summed E-state index contributed by atoms with van der Waals surface area (Å²) in [6.45, 7) is 2.12. The molecular formula is C6H18O3Si2. The quantitative estimate of drug-likeness (QED) is 0.409. The Morgan fingerprint density at radius 3 is 2.36 bits per heavy atom. The van der Waals surface area contributed by atoms with Gasteiger partial charge >= 0.3 is 0 Å². The van der Waals surface area contributed by atoms with Crippen LogP contribution in [0.1, 0.15) is 6.42 Å². The van der Waals surface area contributed by atoms with E-state index in [1.807, 2.05) is 0 Å². The van der Waals surface area contributed by atoms with Crippen LogP contribution in [0.2, 0.25) is 6.04 Å². The third-order valence-electron chi connectivity index (χ3n) is 1.27. The molecule has 0 spiro atoms. The number of hydrogen-bond donors (Lipinski definition) is 1. The van der Waals surface area contributed by atoms with Crippen molar-refractivity contribution in [1.82, 2.24) is 0 Å². The molecule has 5 heteroatoms. The highest BCUT2D eigenvalue weighted by molar-refractivity contribution is 6.08. The Kier molecular flexibility index (Phi) is 8.65. The first kappa shape index (κ1) is 11.3. The van der Waals surface area contributed by atoms with E-state index < -0.39 is 0 Å². The average molecular weight is 194 g/mol. The summed E-state index contributed by atoms with van der Waals surface area (Å²) in [6.07, 6.45) is 1.47. The Hall–Kier alpha value is 0.314. The van der Waals surface area contributed by atoms with Crippen LogP contribution in [0.3, 0.4) is 0 Å². The van der Waals surface area contributed by atoms with Crippen molar-refractivity contribution in [2.24, 2.45) is 0 Å². The van der Waals surface area contributed by atoms with Crippen LogP contribution in [0, 0.1) is 0 Å². The molecule has 1 aliphatic rings. The van der Waals surface area contributed by atoms with Crippen LogP contribution in [0.15, 0.2) is 0 Å². The molecule has 1 N–H and O–H groups in total. The van der Waals surface area contributed by atoms with Crippen LogP contribution in [-0.2, 0) is 9.16 Å². The van der Waals surface area contributed by atoms with E-state index >= 15 is 0 Å². The Morgan fingerprint density at radius 2 is 2.27 bits per heavy atom. The topological polar surface area (TPSA) is 42.0 Å². The van der Waals surface area contributed by atoms with Gasteiger partial charge in [-0.3, -0.25) is 0 Å². The second-order valence-electron chi connectivity index (χ2n) is 2.49. The molecular weight excluding hydrogens is 176 g/mol. The summed E-state index contributed by atoms with van der Waals surface area (Å²) in [7, 11) is 2.09. The van der Waals surface area contributed by atoms with Crippen molar-refractivity contribution in [2.75, 3.05) is 19.8 Å². The second kappa shape index (κ2) is 8.41. The van der Waals surface area contributed by atoms with Gasteiger partial charge in [0.25, 0.3) is 0 Å². The molecule has 0 bridgehead atoms. The summed E-state index contributed by atoms with van der Waals surface area (Å²) in [5.41, 5.74) is 0. The summed E-state index contributed by atoms with van der Waals surface area (Å²) in [5.74, 6) is 0. The smallest absolute Gasteiger partial charge is 0.146 e. The van der Waals surface area contributed by atoms with Gasteiger partial charge in [0.2, 0.25) is 0 Å². The maximum absolute atomic E-state index is 8.09. The summed E-state index contributed by atoms with van der Waals surface area (Å²) < 4.78 is 9.73. The van der Waals surface area contributed by atoms with Gasteiger partial charge in [-0.05, 0) is 6.42 Å². The molecule has 1 unspecified atom stereocenters. The molecule has 11 heavy (non-hydrogen) atoms. The van der Waals surface area contributed by atoms with E-state index in [0.29, 0.717) is 12.7 Å². The van der Waals surface area contributed by atoms with E-state index in [0.717, 1.165) is 30.1 Å². The highest BCUT2D eigenvalue weighted by Gasteiger charge is 2.20. The molecule has 1 heterocycles. The number of epoxide rings is 1. The zero-order valence-corrected chi connectivity index (χ0v) is 11.4. The van der Waals surface area contributed by atoms with Gasteiger partial charge in [0, 0.05) is 16.8 Å². The first-order valence-corrected chi connectivity index (χ1v) is 6.29. The third-order valence-corrected chi connectivity index (χ3v) is 2.31. The van der Waals surface area contributed by atoms with E-state index in [-0.39, 0.29) is 0 Å². The van der Waals surface area contributed by atoms with Gasteiger partial charge in [0.05, 0.1) is 13.2 Å². The standard InChI is InChI=1S/C3H8O2Si.C3H10OSi/c6-5-2-3-1-4-3;4-2-1-3-5/h3H,1-2H2,6H3;4H,1-3H2,5H3. The fourth-order valence-corrected chi connectivity index (χ4v) is 1.20. The maximum Gasteiger partial charge on any atom is 0.146 e. The summed E-state index contributed by atoms with van der Waals surface area (Å²) >= 11 is 0. The molecule has 3 nitrogen and oxygen atoms in total. The number of ether oxygens (including phenoxy) is 1.